The molecule has 0 aromatic heterocycles. The summed E-state index contributed by atoms with van der Waals surface area (Å²) in [6, 6.07) is 0. The highest BCUT2D eigenvalue weighted by molar-refractivity contribution is 4.48. The van der Waals surface area contributed by atoms with E-state index in [-0.39, 0.29) is 5.48 Å². The van der Waals surface area contributed by atoms with Crippen LogP contribution in [-0.4, -0.2) is 18.7 Å². The van der Waals surface area contributed by atoms with Crippen molar-refractivity contribution in [3.05, 3.63) is 13.2 Å². The van der Waals surface area contributed by atoms with Crippen molar-refractivity contribution >= 4 is 0 Å². The van der Waals surface area contributed by atoms with E-state index in [0.717, 1.165) is 13.2 Å². The molecule has 0 unspecified atom stereocenters. The van der Waals surface area contributed by atoms with Crippen LogP contribution in [0.4, 0.5) is 0 Å². The van der Waals surface area contributed by atoms with Crippen molar-refractivity contribution in [3.8, 4) is 0 Å². The first-order valence-corrected chi connectivity index (χ1v) is 11.5. The van der Waals surface area contributed by atoms with Crippen LogP contribution in [-0.2, 0) is 4.74 Å². The second kappa shape index (κ2) is 32.3. The molecular weight excluding hydrogens is 320 g/mol. The van der Waals surface area contributed by atoms with E-state index in [1.165, 1.54) is 116 Å². The topological polar surface area (TPSA) is 40.7 Å². The summed E-state index contributed by atoms with van der Waals surface area (Å²) >= 11 is 0. The Bertz CT molecular complexity index is 186. The van der Waals surface area contributed by atoms with E-state index in [9.17, 15) is 0 Å². The summed E-state index contributed by atoms with van der Waals surface area (Å²) in [4.78, 5) is 0. The fourth-order valence-corrected chi connectivity index (χ4v) is 3.13. The van der Waals surface area contributed by atoms with Crippen LogP contribution in [0.2, 0.25) is 0 Å². The minimum Gasteiger partial charge on any atom is -0.412 e. The smallest absolute Gasteiger partial charge is 0.0466 e. The first-order chi connectivity index (χ1) is 12.4. The Morgan fingerprint density at radius 1 is 0.423 bits per heavy atom. The van der Waals surface area contributed by atoms with Crippen molar-refractivity contribution in [1.29, 1.82) is 0 Å². The largest absolute Gasteiger partial charge is 0.412 e. The lowest BCUT2D eigenvalue weighted by Crippen LogP contribution is -1.97. The van der Waals surface area contributed by atoms with Gasteiger partial charge in [0.25, 0.3) is 0 Å². The van der Waals surface area contributed by atoms with Crippen LogP contribution in [0.15, 0.2) is 13.2 Å². The lowest BCUT2D eigenvalue weighted by Gasteiger charge is -2.05. The lowest BCUT2D eigenvalue weighted by molar-refractivity contribution is 0.125. The predicted octanol–water partition coefficient (Wildman–Crippen LogP) is 8.04. The Hall–Kier alpha value is -0.340. The van der Waals surface area contributed by atoms with Gasteiger partial charge in [0.05, 0.1) is 0 Å². The fourth-order valence-electron chi connectivity index (χ4n) is 3.13. The average molecular weight is 373 g/mol. The minimum absolute atomic E-state index is 0. The molecule has 160 valence electrons. The molecule has 0 aromatic carbocycles. The van der Waals surface area contributed by atoms with E-state index in [0.29, 0.717) is 0 Å². The van der Waals surface area contributed by atoms with Gasteiger partial charge in [-0.3, -0.25) is 0 Å². The molecule has 0 atom stereocenters. The van der Waals surface area contributed by atoms with E-state index < -0.39 is 0 Å². The average Bonchev–Trinajstić information content (AvgIpc) is 2.65. The van der Waals surface area contributed by atoms with Crippen molar-refractivity contribution in [3.63, 3.8) is 0 Å². The van der Waals surface area contributed by atoms with Gasteiger partial charge in [-0.15, -0.1) is 13.2 Å². The van der Waals surface area contributed by atoms with Crippen molar-refractivity contribution < 1.29 is 10.2 Å². The Kier molecular flexibility index (Phi) is 37.8. The second-order valence-corrected chi connectivity index (χ2v) is 7.27. The first-order valence-electron chi connectivity index (χ1n) is 11.5. The van der Waals surface area contributed by atoms with E-state index in [1.807, 2.05) is 0 Å². The molecule has 2 heteroatoms. The SMILES string of the molecule is C=C.CCCCCCCCCCCOCCCCCCCCCCC.O. The summed E-state index contributed by atoms with van der Waals surface area (Å²) < 4.78 is 5.75. The summed E-state index contributed by atoms with van der Waals surface area (Å²) in [5.41, 5.74) is 0. The van der Waals surface area contributed by atoms with Crippen LogP contribution in [0.1, 0.15) is 129 Å². The number of unbranched alkanes of at least 4 members (excludes halogenated alkanes) is 16. The molecule has 0 amide bonds. The monoisotopic (exact) mass is 372 g/mol. The molecule has 0 radical (unpaired) electrons. The molecule has 0 saturated carbocycles. The molecule has 0 aliphatic rings. The fraction of sp³-hybridized carbons (Fsp3) is 0.917. The Labute approximate surface area is 166 Å². The lowest BCUT2D eigenvalue weighted by atomic mass is 10.1. The molecular formula is C24H52O2. The van der Waals surface area contributed by atoms with Gasteiger partial charge in [-0.25, -0.2) is 0 Å². The highest BCUT2D eigenvalue weighted by atomic mass is 16.5. The van der Waals surface area contributed by atoms with Crippen molar-refractivity contribution in [2.24, 2.45) is 0 Å². The summed E-state index contributed by atoms with van der Waals surface area (Å²) in [5.74, 6) is 0. The Morgan fingerprint density at radius 2 is 0.654 bits per heavy atom. The normalized spacial score (nSPS) is 10.1. The van der Waals surface area contributed by atoms with E-state index in [4.69, 9.17) is 4.74 Å². The molecule has 0 bridgehead atoms. The number of rotatable bonds is 20. The van der Waals surface area contributed by atoms with Gasteiger partial charge in [0, 0.05) is 13.2 Å². The van der Waals surface area contributed by atoms with Gasteiger partial charge in [0.15, 0.2) is 0 Å². The minimum atomic E-state index is 0. The Balaban J connectivity index is -0.00000170. The number of hydrogen-bond acceptors (Lipinski definition) is 1. The number of ether oxygens (including phenoxy) is 1. The van der Waals surface area contributed by atoms with Crippen molar-refractivity contribution in [2.75, 3.05) is 13.2 Å². The van der Waals surface area contributed by atoms with E-state index in [2.05, 4.69) is 27.0 Å². The summed E-state index contributed by atoms with van der Waals surface area (Å²) in [6.07, 6.45) is 25.2. The van der Waals surface area contributed by atoms with Gasteiger partial charge in [0.2, 0.25) is 0 Å². The molecule has 2 N–H and O–H groups in total. The maximum absolute atomic E-state index is 5.75. The zero-order valence-corrected chi connectivity index (χ0v) is 18.5. The molecule has 0 saturated heterocycles. The molecule has 0 spiro atoms. The second-order valence-electron chi connectivity index (χ2n) is 7.27. The quantitative estimate of drug-likeness (QED) is 0.157. The molecule has 0 heterocycles. The van der Waals surface area contributed by atoms with Crippen LogP contribution in [0.25, 0.3) is 0 Å². The van der Waals surface area contributed by atoms with Gasteiger partial charge in [-0.1, -0.05) is 117 Å². The van der Waals surface area contributed by atoms with Crippen LogP contribution < -0.4 is 0 Å². The summed E-state index contributed by atoms with van der Waals surface area (Å²) in [7, 11) is 0. The van der Waals surface area contributed by atoms with Crippen LogP contribution >= 0.6 is 0 Å². The van der Waals surface area contributed by atoms with Gasteiger partial charge in [-0.05, 0) is 12.8 Å². The van der Waals surface area contributed by atoms with Gasteiger partial charge in [0.1, 0.15) is 0 Å². The van der Waals surface area contributed by atoms with Crippen LogP contribution in [0.5, 0.6) is 0 Å². The number of hydrogen-bond donors (Lipinski definition) is 0. The molecule has 0 aromatic rings. The van der Waals surface area contributed by atoms with Crippen molar-refractivity contribution in [1.82, 2.24) is 0 Å². The highest BCUT2D eigenvalue weighted by Crippen LogP contribution is 2.11. The molecule has 0 aliphatic heterocycles. The predicted molar refractivity (Wildman–Crippen MR) is 120 cm³/mol. The molecule has 0 fully saturated rings. The Morgan fingerprint density at radius 3 is 0.923 bits per heavy atom. The summed E-state index contributed by atoms with van der Waals surface area (Å²) in [5, 5.41) is 0. The molecule has 2 nitrogen and oxygen atoms in total. The molecule has 0 rings (SSSR count). The zero-order chi connectivity index (χ0) is 18.8. The van der Waals surface area contributed by atoms with Crippen LogP contribution in [0.3, 0.4) is 0 Å². The van der Waals surface area contributed by atoms with Crippen molar-refractivity contribution in [2.45, 2.75) is 129 Å². The first kappa shape index (κ1) is 30.4. The maximum Gasteiger partial charge on any atom is 0.0466 e. The third kappa shape index (κ3) is 31.4. The maximum atomic E-state index is 5.75. The van der Waals surface area contributed by atoms with Gasteiger partial charge in [-0.2, -0.15) is 0 Å². The molecule has 0 aliphatic carbocycles. The molecule has 26 heavy (non-hydrogen) atoms. The third-order valence-corrected chi connectivity index (χ3v) is 4.78. The van der Waals surface area contributed by atoms with Gasteiger partial charge >= 0.3 is 0 Å². The third-order valence-electron chi connectivity index (χ3n) is 4.78. The van der Waals surface area contributed by atoms with Gasteiger partial charge < -0.3 is 10.2 Å². The standard InChI is InChI=1S/C22H46O.C2H4.H2O/c1-3-5-7-9-11-13-15-17-19-21-23-22-20-18-16-14-12-10-8-6-4-2;1-2;/h3-22H2,1-2H3;1-2H2;1H2. The van der Waals surface area contributed by atoms with E-state index in [1.54, 1.807) is 0 Å². The van der Waals surface area contributed by atoms with E-state index >= 15 is 0 Å². The zero-order valence-electron chi connectivity index (χ0n) is 18.5. The summed E-state index contributed by atoms with van der Waals surface area (Å²) in [6.45, 7) is 12.6. The van der Waals surface area contributed by atoms with Crippen LogP contribution in [0, 0.1) is 0 Å². The highest BCUT2D eigenvalue weighted by Gasteiger charge is 1.94.